The van der Waals surface area contributed by atoms with E-state index in [4.69, 9.17) is 16.7 Å². The second kappa shape index (κ2) is 6.80. The number of hydrogen-bond donors (Lipinski definition) is 1. The van der Waals surface area contributed by atoms with Crippen LogP contribution in [0.2, 0.25) is 5.02 Å². The maximum Gasteiger partial charge on any atom is 0.328 e. The van der Waals surface area contributed by atoms with E-state index in [2.05, 4.69) is 0 Å². The average Bonchev–Trinajstić information content (AvgIpc) is 2.83. The van der Waals surface area contributed by atoms with Crippen LogP contribution < -0.4 is 0 Å². The molecule has 0 atom stereocenters. The van der Waals surface area contributed by atoms with Crippen molar-refractivity contribution in [3.05, 3.63) is 57.3 Å². The van der Waals surface area contributed by atoms with E-state index in [-0.39, 0.29) is 0 Å². The standard InChI is InChI=1S/C14H11ClO2S2/c15-12-3-1-2-4-13(12)19-9-11-7-10(8-18-11)5-6-14(16)17/h1-8H,9H2,(H,16,17). The van der Waals surface area contributed by atoms with Gasteiger partial charge in [0.25, 0.3) is 0 Å². The Bertz CT molecular complexity index is 605. The second-order valence-electron chi connectivity index (χ2n) is 3.74. The van der Waals surface area contributed by atoms with Crippen molar-refractivity contribution >= 4 is 46.7 Å². The molecule has 0 bridgehead atoms. The van der Waals surface area contributed by atoms with E-state index in [1.165, 1.54) is 4.88 Å². The molecule has 1 N–H and O–H groups in total. The van der Waals surface area contributed by atoms with Crippen LogP contribution in [-0.2, 0) is 10.5 Å². The van der Waals surface area contributed by atoms with Crippen LogP contribution in [0, 0.1) is 0 Å². The quantitative estimate of drug-likeness (QED) is 0.637. The molecule has 0 unspecified atom stereocenters. The number of benzene rings is 1. The number of carboxylic acid groups (broad SMARTS) is 1. The zero-order valence-electron chi connectivity index (χ0n) is 9.88. The van der Waals surface area contributed by atoms with Gasteiger partial charge in [-0.1, -0.05) is 23.7 Å². The van der Waals surface area contributed by atoms with Crippen molar-refractivity contribution in [3.8, 4) is 0 Å². The fourth-order valence-electron chi connectivity index (χ4n) is 1.44. The van der Waals surface area contributed by atoms with Crippen LogP contribution in [0.3, 0.4) is 0 Å². The molecule has 0 saturated heterocycles. The summed E-state index contributed by atoms with van der Waals surface area (Å²) in [5, 5.41) is 11.3. The first kappa shape index (κ1) is 14.2. The molecule has 0 radical (unpaired) electrons. The molecule has 0 spiro atoms. The van der Waals surface area contributed by atoms with Gasteiger partial charge in [0.15, 0.2) is 0 Å². The molecule has 0 aliphatic heterocycles. The van der Waals surface area contributed by atoms with E-state index in [9.17, 15) is 4.79 Å². The maximum atomic E-state index is 10.4. The highest BCUT2D eigenvalue weighted by Crippen LogP contribution is 2.31. The third-order valence-corrected chi connectivity index (χ3v) is 5.00. The normalized spacial score (nSPS) is 11.0. The Balaban J connectivity index is 1.97. The van der Waals surface area contributed by atoms with E-state index in [0.717, 1.165) is 27.3 Å². The number of thiophene rings is 1. The van der Waals surface area contributed by atoms with Gasteiger partial charge in [-0.25, -0.2) is 4.79 Å². The Kier molecular flexibility index (Phi) is 5.07. The number of halogens is 1. The molecular weight excluding hydrogens is 300 g/mol. The first-order valence-corrected chi connectivity index (χ1v) is 7.75. The summed E-state index contributed by atoms with van der Waals surface area (Å²) in [6, 6.07) is 9.73. The van der Waals surface area contributed by atoms with Crippen molar-refractivity contribution in [2.75, 3.05) is 0 Å². The second-order valence-corrected chi connectivity index (χ2v) is 6.16. The van der Waals surface area contributed by atoms with Crippen molar-refractivity contribution in [1.29, 1.82) is 0 Å². The molecule has 1 aromatic heterocycles. The molecule has 0 aliphatic carbocycles. The predicted octanol–water partition coefficient (Wildman–Crippen LogP) is 4.79. The van der Waals surface area contributed by atoms with E-state index in [1.807, 2.05) is 35.7 Å². The van der Waals surface area contributed by atoms with Crippen LogP contribution in [0.1, 0.15) is 10.4 Å². The number of rotatable bonds is 5. The summed E-state index contributed by atoms with van der Waals surface area (Å²) < 4.78 is 0. The molecule has 98 valence electrons. The molecule has 2 nitrogen and oxygen atoms in total. The van der Waals surface area contributed by atoms with Crippen molar-refractivity contribution in [2.24, 2.45) is 0 Å². The lowest BCUT2D eigenvalue weighted by molar-refractivity contribution is -0.131. The topological polar surface area (TPSA) is 37.3 Å². The third kappa shape index (κ3) is 4.42. The van der Waals surface area contributed by atoms with Crippen molar-refractivity contribution < 1.29 is 9.90 Å². The highest BCUT2D eigenvalue weighted by molar-refractivity contribution is 7.98. The summed E-state index contributed by atoms with van der Waals surface area (Å²) >= 11 is 9.38. The van der Waals surface area contributed by atoms with Gasteiger partial charge in [0.2, 0.25) is 0 Å². The van der Waals surface area contributed by atoms with Gasteiger partial charge < -0.3 is 5.11 Å². The minimum atomic E-state index is -0.932. The van der Waals surface area contributed by atoms with Crippen molar-refractivity contribution in [3.63, 3.8) is 0 Å². The van der Waals surface area contributed by atoms with Gasteiger partial charge in [-0.2, -0.15) is 0 Å². The third-order valence-electron chi connectivity index (χ3n) is 2.30. The zero-order chi connectivity index (χ0) is 13.7. The van der Waals surface area contributed by atoms with Crippen LogP contribution in [0.15, 0.2) is 46.7 Å². The lowest BCUT2D eigenvalue weighted by Gasteiger charge is -2.01. The molecule has 0 aliphatic rings. The van der Waals surface area contributed by atoms with E-state index in [0.29, 0.717) is 0 Å². The Morgan fingerprint density at radius 3 is 2.95 bits per heavy atom. The zero-order valence-corrected chi connectivity index (χ0v) is 12.3. The molecular formula is C14H11ClO2S2. The monoisotopic (exact) mass is 310 g/mol. The van der Waals surface area contributed by atoms with Gasteiger partial charge >= 0.3 is 5.97 Å². The fourth-order valence-corrected chi connectivity index (χ4v) is 3.59. The summed E-state index contributed by atoms with van der Waals surface area (Å²) in [5.41, 5.74) is 0.919. The van der Waals surface area contributed by atoms with E-state index in [1.54, 1.807) is 29.2 Å². The average molecular weight is 311 g/mol. The fraction of sp³-hybridized carbons (Fsp3) is 0.0714. The van der Waals surface area contributed by atoms with Crippen LogP contribution in [0.4, 0.5) is 0 Å². The van der Waals surface area contributed by atoms with E-state index < -0.39 is 5.97 Å². The Labute approximate surface area is 124 Å². The number of aliphatic carboxylic acids is 1. The maximum absolute atomic E-state index is 10.4. The molecule has 0 fully saturated rings. The summed E-state index contributed by atoms with van der Waals surface area (Å²) in [6.45, 7) is 0. The van der Waals surface area contributed by atoms with Crippen LogP contribution >= 0.6 is 34.7 Å². The largest absolute Gasteiger partial charge is 0.478 e. The highest BCUT2D eigenvalue weighted by atomic mass is 35.5. The van der Waals surface area contributed by atoms with Gasteiger partial charge in [-0.15, -0.1) is 23.1 Å². The van der Waals surface area contributed by atoms with E-state index >= 15 is 0 Å². The molecule has 19 heavy (non-hydrogen) atoms. The predicted molar refractivity (Wildman–Crippen MR) is 82.0 cm³/mol. The van der Waals surface area contributed by atoms with Gasteiger partial charge in [0.1, 0.15) is 0 Å². The Morgan fingerprint density at radius 2 is 2.21 bits per heavy atom. The van der Waals surface area contributed by atoms with Gasteiger partial charge in [0.05, 0.1) is 5.02 Å². The first-order chi connectivity index (χ1) is 9.15. The Hall–Kier alpha value is -1.23. The lowest BCUT2D eigenvalue weighted by Crippen LogP contribution is -1.84. The minimum Gasteiger partial charge on any atom is -0.478 e. The Morgan fingerprint density at radius 1 is 1.42 bits per heavy atom. The summed E-state index contributed by atoms with van der Waals surface area (Å²) in [5.74, 6) is -0.104. The number of hydrogen-bond acceptors (Lipinski definition) is 3. The molecule has 1 aromatic carbocycles. The molecule has 2 rings (SSSR count). The van der Waals surface area contributed by atoms with Gasteiger partial charge in [0, 0.05) is 21.6 Å². The van der Waals surface area contributed by atoms with Crippen molar-refractivity contribution in [1.82, 2.24) is 0 Å². The molecule has 0 saturated carbocycles. The smallest absolute Gasteiger partial charge is 0.328 e. The van der Waals surface area contributed by atoms with Crippen LogP contribution in [0.5, 0.6) is 0 Å². The van der Waals surface area contributed by atoms with Crippen molar-refractivity contribution in [2.45, 2.75) is 10.6 Å². The van der Waals surface area contributed by atoms with Crippen LogP contribution in [-0.4, -0.2) is 11.1 Å². The molecule has 2 aromatic rings. The molecule has 5 heteroatoms. The summed E-state index contributed by atoms with van der Waals surface area (Å²) in [4.78, 5) is 12.7. The first-order valence-electron chi connectivity index (χ1n) is 5.51. The van der Waals surface area contributed by atoms with Gasteiger partial charge in [-0.05, 0) is 35.2 Å². The van der Waals surface area contributed by atoms with Gasteiger partial charge in [-0.3, -0.25) is 0 Å². The number of carbonyl (C=O) groups is 1. The summed E-state index contributed by atoms with van der Waals surface area (Å²) in [7, 11) is 0. The number of carboxylic acids is 1. The highest BCUT2D eigenvalue weighted by Gasteiger charge is 2.03. The summed E-state index contributed by atoms with van der Waals surface area (Å²) in [6.07, 6.45) is 2.75. The minimum absolute atomic E-state index is 0.759. The number of thioether (sulfide) groups is 1. The lowest BCUT2D eigenvalue weighted by atomic mass is 10.3. The molecule has 0 amide bonds. The molecule has 1 heterocycles. The SMILES string of the molecule is O=C(O)C=Cc1csc(CSc2ccccc2Cl)c1. The van der Waals surface area contributed by atoms with Crippen LogP contribution in [0.25, 0.3) is 6.08 Å².